The van der Waals surface area contributed by atoms with Crippen LogP contribution in [0.3, 0.4) is 0 Å². The summed E-state index contributed by atoms with van der Waals surface area (Å²) in [5.74, 6) is -0.867. The van der Waals surface area contributed by atoms with Crippen molar-refractivity contribution in [1.82, 2.24) is 10.2 Å². The molecule has 1 N–H and O–H groups in total. The molecule has 0 unspecified atom stereocenters. The Hall–Kier alpha value is -3.07. The first-order chi connectivity index (χ1) is 18.5. The number of aryl methyl sites for hydroxylation is 2. The molecule has 0 aliphatic carbocycles. The van der Waals surface area contributed by atoms with Crippen LogP contribution in [0, 0.1) is 13.8 Å². The highest BCUT2D eigenvalue weighted by Crippen LogP contribution is 2.30. The van der Waals surface area contributed by atoms with Crippen molar-refractivity contribution in [2.75, 3.05) is 17.4 Å². The summed E-state index contributed by atoms with van der Waals surface area (Å²) < 4.78 is 29.0. The second kappa shape index (κ2) is 13.3. The Kier molecular flexibility index (Phi) is 10.4. The molecule has 2 amide bonds. The fourth-order valence-corrected chi connectivity index (χ4v) is 6.17. The highest BCUT2D eigenvalue weighted by molar-refractivity contribution is 7.92. The van der Waals surface area contributed by atoms with Crippen molar-refractivity contribution < 1.29 is 18.0 Å². The average Bonchev–Trinajstić information content (AvgIpc) is 2.89. The molecule has 0 fully saturated rings. The van der Waals surface area contributed by atoms with Crippen molar-refractivity contribution in [2.45, 2.75) is 51.6 Å². The van der Waals surface area contributed by atoms with Gasteiger partial charge in [0.2, 0.25) is 11.8 Å². The molecule has 3 aromatic rings. The quantitative estimate of drug-likeness (QED) is 0.308. The molecule has 0 heterocycles. The molecule has 1 atom stereocenters. The van der Waals surface area contributed by atoms with E-state index in [1.54, 1.807) is 75.4 Å². The van der Waals surface area contributed by atoms with E-state index in [4.69, 9.17) is 23.2 Å². The topological polar surface area (TPSA) is 86.8 Å². The molecule has 0 aliphatic rings. The molecule has 3 aromatic carbocycles. The Bertz CT molecular complexity index is 1430. The smallest absolute Gasteiger partial charge is 0.264 e. The van der Waals surface area contributed by atoms with E-state index in [1.165, 1.54) is 17.0 Å². The summed E-state index contributed by atoms with van der Waals surface area (Å²) in [5.41, 5.74) is 2.44. The third kappa shape index (κ3) is 7.32. The van der Waals surface area contributed by atoms with Crippen LogP contribution in [-0.4, -0.2) is 44.3 Å². The van der Waals surface area contributed by atoms with Crippen molar-refractivity contribution in [1.29, 1.82) is 0 Å². The molecule has 7 nitrogen and oxygen atoms in total. The number of nitrogens with zero attached hydrogens (tertiary/aromatic N) is 2. The van der Waals surface area contributed by atoms with Crippen molar-refractivity contribution in [3.63, 3.8) is 0 Å². The number of amides is 2. The van der Waals surface area contributed by atoms with Gasteiger partial charge in [-0.1, -0.05) is 66.0 Å². The van der Waals surface area contributed by atoms with Crippen molar-refractivity contribution >= 4 is 50.7 Å². The zero-order valence-corrected chi connectivity index (χ0v) is 24.8. The van der Waals surface area contributed by atoms with Crippen molar-refractivity contribution in [2.24, 2.45) is 0 Å². The number of hydrogen-bond donors (Lipinski definition) is 1. The number of carbonyl (C=O) groups is 2. The van der Waals surface area contributed by atoms with Crippen LogP contribution in [0.1, 0.15) is 37.0 Å². The minimum atomic E-state index is -4.16. The molecule has 0 saturated heterocycles. The number of halogens is 2. The summed E-state index contributed by atoms with van der Waals surface area (Å²) in [6, 6.07) is 17.5. The van der Waals surface area contributed by atoms with Crippen LogP contribution in [0.25, 0.3) is 0 Å². The van der Waals surface area contributed by atoms with Gasteiger partial charge in [-0.2, -0.15) is 0 Å². The highest BCUT2D eigenvalue weighted by Gasteiger charge is 2.34. The van der Waals surface area contributed by atoms with Crippen LogP contribution >= 0.6 is 23.2 Å². The second-order valence-electron chi connectivity index (χ2n) is 9.19. The van der Waals surface area contributed by atoms with Gasteiger partial charge in [0.25, 0.3) is 10.0 Å². The summed E-state index contributed by atoms with van der Waals surface area (Å²) in [6.45, 7) is 7.09. The van der Waals surface area contributed by atoms with Crippen LogP contribution in [0.2, 0.25) is 10.0 Å². The number of carbonyl (C=O) groups excluding carboxylic acids is 2. The molecule has 10 heteroatoms. The van der Waals surface area contributed by atoms with E-state index in [0.717, 1.165) is 9.87 Å². The van der Waals surface area contributed by atoms with Gasteiger partial charge in [0.1, 0.15) is 12.6 Å². The first kappa shape index (κ1) is 30.5. The Morgan fingerprint density at radius 2 is 1.62 bits per heavy atom. The molecule has 0 bridgehead atoms. The van der Waals surface area contributed by atoms with Crippen LogP contribution in [0.5, 0.6) is 0 Å². The minimum Gasteiger partial charge on any atom is -0.355 e. The van der Waals surface area contributed by atoms with Gasteiger partial charge in [-0.05, 0) is 74.7 Å². The summed E-state index contributed by atoms with van der Waals surface area (Å²) in [4.78, 5) is 28.5. The molecule has 0 radical (unpaired) electrons. The van der Waals surface area contributed by atoms with Gasteiger partial charge in [-0.15, -0.1) is 0 Å². The Morgan fingerprint density at radius 3 is 2.21 bits per heavy atom. The first-order valence-corrected chi connectivity index (χ1v) is 14.8. The van der Waals surface area contributed by atoms with Gasteiger partial charge in [-0.3, -0.25) is 13.9 Å². The third-order valence-corrected chi connectivity index (χ3v) is 8.73. The Morgan fingerprint density at radius 1 is 0.949 bits per heavy atom. The predicted molar refractivity (Wildman–Crippen MR) is 157 cm³/mol. The van der Waals surface area contributed by atoms with Gasteiger partial charge in [0.05, 0.1) is 10.6 Å². The fraction of sp³-hybridized carbons (Fsp3) is 0.310. The van der Waals surface area contributed by atoms with E-state index in [1.807, 2.05) is 6.92 Å². The molecule has 0 saturated carbocycles. The van der Waals surface area contributed by atoms with Gasteiger partial charge >= 0.3 is 0 Å². The van der Waals surface area contributed by atoms with E-state index in [9.17, 15) is 18.0 Å². The van der Waals surface area contributed by atoms with Crippen LogP contribution < -0.4 is 9.62 Å². The number of benzene rings is 3. The summed E-state index contributed by atoms with van der Waals surface area (Å²) in [6.07, 6.45) is 0.326. The fourth-order valence-electron chi connectivity index (χ4n) is 4.27. The molecular weight excluding hydrogens is 557 g/mol. The lowest BCUT2D eigenvalue weighted by molar-refractivity contribution is -0.140. The summed E-state index contributed by atoms with van der Waals surface area (Å²) in [5, 5.41) is 3.67. The maximum atomic E-state index is 14.0. The van der Waals surface area contributed by atoms with Crippen LogP contribution in [0.15, 0.2) is 71.6 Å². The number of sulfonamides is 1. The van der Waals surface area contributed by atoms with Gasteiger partial charge in [0.15, 0.2) is 0 Å². The Labute approximate surface area is 240 Å². The molecule has 0 aromatic heterocycles. The van der Waals surface area contributed by atoms with Crippen molar-refractivity contribution in [3.8, 4) is 0 Å². The largest absolute Gasteiger partial charge is 0.355 e. The molecule has 0 aliphatic heterocycles. The third-order valence-electron chi connectivity index (χ3n) is 6.35. The average molecular weight is 591 g/mol. The maximum absolute atomic E-state index is 14.0. The van der Waals surface area contributed by atoms with E-state index in [-0.39, 0.29) is 17.3 Å². The molecule has 39 heavy (non-hydrogen) atoms. The number of hydrogen-bond acceptors (Lipinski definition) is 4. The lowest BCUT2D eigenvalue weighted by Crippen LogP contribution is -2.52. The number of anilines is 1. The molecule has 0 spiro atoms. The lowest BCUT2D eigenvalue weighted by Gasteiger charge is -2.33. The van der Waals surface area contributed by atoms with E-state index in [0.29, 0.717) is 39.8 Å². The SMILES string of the molecule is CCNC(=O)[C@@H](CC)N(Cc1ccccc1Cl)C(=O)CN(c1ccc(Cl)cc1C)S(=O)(=O)c1ccc(C)cc1. The minimum absolute atomic E-state index is 0.0339. The Balaban J connectivity index is 2.11. The number of nitrogens with one attached hydrogen (secondary N) is 1. The zero-order valence-electron chi connectivity index (χ0n) is 22.4. The highest BCUT2D eigenvalue weighted by atomic mass is 35.5. The van der Waals surface area contributed by atoms with Crippen LogP contribution in [0.4, 0.5) is 5.69 Å². The van der Waals surface area contributed by atoms with Gasteiger partial charge in [0, 0.05) is 23.1 Å². The van der Waals surface area contributed by atoms with Crippen LogP contribution in [-0.2, 0) is 26.2 Å². The predicted octanol–water partition coefficient (Wildman–Crippen LogP) is 5.75. The number of likely N-dealkylation sites (N-methyl/N-ethyl adjacent to an activating group) is 1. The van der Waals surface area contributed by atoms with E-state index in [2.05, 4.69) is 5.32 Å². The summed E-state index contributed by atoms with van der Waals surface area (Å²) in [7, 11) is -4.16. The second-order valence-corrected chi connectivity index (χ2v) is 11.9. The zero-order chi connectivity index (χ0) is 28.7. The maximum Gasteiger partial charge on any atom is 0.264 e. The summed E-state index contributed by atoms with van der Waals surface area (Å²) >= 11 is 12.6. The van der Waals surface area contributed by atoms with Gasteiger partial charge in [-0.25, -0.2) is 8.42 Å². The molecule has 3 rings (SSSR count). The normalized spacial score (nSPS) is 12.1. The number of rotatable bonds is 11. The van der Waals surface area contributed by atoms with Gasteiger partial charge < -0.3 is 10.2 Å². The standard InChI is InChI=1S/C29H33Cl2N3O4S/c1-5-26(29(36)32-6-2)33(18-22-9-7-8-10-25(22)31)28(35)19-34(27-16-13-23(30)17-21(27)4)39(37,38)24-14-11-20(3)12-15-24/h7-17,26H,5-6,18-19H2,1-4H3,(H,32,36)/t26-/m1/s1. The monoisotopic (exact) mass is 589 g/mol. The van der Waals surface area contributed by atoms with E-state index < -0.39 is 28.5 Å². The molecule has 208 valence electrons. The molecular formula is C29H33Cl2N3O4S. The van der Waals surface area contributed by atoms with E-state index >= 15 is 0 Å². The van der Waals surface area contributed by atoms with Crippen molar-refractivity contribution in [3.05, 3.63) is 93.5 Å². The lowest BCUT2D eigenvalue weighted by atomic mass is 10.1. The first-order valence-electron chi connectivity index (χ1n) is 12.7.